The fraction of sp³-hybridized carbons (Fsp3) is 0.381. The third kappa shape index (κ3) is 3.54. The van der Waals surface area contributed by atoms with Gasteiger partial charge < -0.3 is 20.3 Å². The van der Waals surface area contributed by atoms with Crippen LogP contribution in [0.3, 0.4) is 0 Å². The molecule has 1 spiro atoms. The number of rotatable bonds is 4. The minimum atomic E-state index is -0.678. The van der Waals surface area contributed by atoms with Gasteiger partial charge in [0.2, 0.25) is 0 Å². The molecule has 2 aromatic carbocycles. The molecule has 2 aliphatic heterocycles. The van der Waals surface area contributed by atoms with Crippen molar-refractivity contribution in [3.8, 4) is 16.9 Å². The second kappa shape index (κ2) is 7.26. The minimum Gasteiger partial charge on any atom is -0.490 e. The zero-order chi connectivity index (χ0) is 19.9. The van der Waals surface area contributed by atoms with Gasteiger partial charge in [-0.1, -0.05) is 24.6 Å². The van der Waals surface area contributed by atoms with Gasteiger partial charge in [-0.2, -0.15) is 0 Å². The molecule has 0 aliphatic carbocycles. The second-order valence-electron chi connectivity index (χ2n) is 7.38. The van der Waals surface area contributed by atoms with Crippen LogP contribution >= 0.6 is 11.6 Å². The lowest BCUT2D eigenvalue weighted by Gasteiger charge is -2.37. The molecule has 0 saturated carbocycles. The van der Waals surface area contributed by atoms with Gasteiger partial charge in [0.05, 0.1) is 6.10 Å². The molecule has 0 radical (unpaired) electrons. The molecule has 0 fully saturated rings. The molecule has 3 N–H and O–H groups in total. The normalized spacial score (nSPS) is 24.3. The van der Waals surface area contributed by atoms with Crippen LogP contribution in [-0.4, -0.2) is 29.9 Å². The number of amidine groups is 1. The van der Waals surface area contributed by atoms with E-state index < -0.39 is 17.5 Å². The zero-order valence-corrected chi connectivity index (χ0v) is 16.2. The molecule has 2 aromatic rings. The van der Waals surface area contributed by atoms with E-state index in [1.165, 1.54) is 12.1 Å². The van der Waals surface area contributed by atoms with E-state index in [0.717, 1.165) is 11.1 Å². The topological polar surface area (TPSA) is 77.1 Å². The van der Waals surface area contributed by atoms with Crippen molar-refractivity contribution >= 4 is 17.6 Å². The number of aliphatic hydroxyl groups excluding tert-OH is 1. The van der Waals surface area contributed by atoms with Crippen LogP contribution in [-0.2, 0) is 10.3 Å². The highest BCUT2D eigenvalue weighted by atomic mass is 35.5. The maximum Gasteiger partial charge on any atom is 0.283 e. The largest absolute Gasteiger partial charge is 0.490 e. The van der Waals surface area contributed by atoms with Gasteiger partial charge >= 0.3 is 0 Å². The monoisotopic (exact) mass is 404 g/mol. The van der Waals surface area contributed by atoms with E-state index in [0.29, 0.717) is 42.2 Å². The maximum absolute atomic E-state index is 13.8. The summed E-state index contributed by atoms with van der Waals surface area (Å²) in [4.78, 5) is 4.58. The molecule has 4 rings (SSSR count). The van der Waals surface area contributed by atoms with Crippen molar-refractivity contribution in [3.05, 3.63) is 52.8 Å². The highest BCUT2D eigenvalue weighted by molar-refractivity contribution is 6.30. The van der Waals surface area contributed by atoms with Crippen molar-refractivity contribution in [1.29, 1.82) is 0 Å². The Balaban J connectivity index is 1.77. The summed E-state index contributed by atoms with van der Waals surface area (Å²) < 4.78 is 25.4. The number of hydrogen-bond acceptors (Lipinski definition) is 5. The fourth-order valence-corrected chi connectivity index (χ4v) is 4.14. The summed E-state index contributed by atoms with van der Waals surface area (Å²) in [5, 5.41) is 10.4. The Bertz CT molecular complexity index is 916. The van der Waals surface area contributed by atoms with Crippen molar-refractivity contribution < 1.29 is 19.0 Å². The van der Waals surface area contributed by atoms with E-state index in [-0.39, 0.29) is 12.1 Å². The lowest BCUT2D eigenvalue weighted by atomic mass is 9.80. The van der Waals surface area contributed by atoms with E-state index in [4.69, 9.17) is 26.8 Å². The molecule has 2 heterocycles. The van der Waals surface area contributed by atoms with Crippen molar-refractivity contribution in [2.45, 2.75) is 43.9 Å². The summed E-state index contributed by atoms with van der Waals surface area (Å²) in [6.45, 7) is 2.24. The van der Waals surface area contributed by atoms with E-state index in [2.05, 4.69) is 4.99 Å². The number of hydrogen-bond donors (Lipinski definition) is 2. The Morgan fingerprint density at radius 3 is 2.82 bits per heavy atom. The van der Waals surface area contributed by atoms with Crippen LogP contribution in [0.4, 0.5) is 4.39 Å². The smallest absolute Gasteiger partial charge is 0.283 e. The van der Waals surface area contributed by atoms with Gasteiger partial charge in [0, 0.05) is 23.4 Å². The van der Waals surface area contributed by atoms with Gasteiger partial charge in [-0.05, 0) is 47.9 Å². The summed E-state index contributed by atoms with van der Waals surface area (Å²) in [5.74, 6) is 0.277. The SMILES string of the molecule is CC[C@H](O)C[C@H]1CC2(COC(N)=N2)c2cc(-c3cc(F)cc(Cl)c3)ccc2O1. The summed E-state index contributed by atoms with van der Waals surface area (Å²) in [5.41, 5.74) is 7.46. The van der Waals surface area contributed by atoms with E-state index >= 15 is 0 Å². The molecule has 7 heteroatoms. The number of nitrogens with two attached hydrogens (primary N) is 1. The quantitative estimate of drug-likeness (QED) is 0.807. The fourth-order valence-electron chi connectivity index (χ4n) is 3.92. The van der Waals surface area contributed by atoms with Gasteiger partial charge in [-0.25, -0.2) is 9.38 Å². The predicted octanol–water partition coefficient (Wildman–Crippen LogP) is 4.00. The number of fused-ring (bicyclic) bond motifs is 2. The highest BCUT2D eigenvalue weighted by Gasteiger charge is 2.46. The molecule has 2 aliphatic rings. The average Bonchev–Trinajstić information content (AvgIpc) is 3.01. The first kappa shape index (κ1) is 19.0. The van der Waals surface area contributed by atoms with Crippen molar-refractivity contribution in [2.24, 2.45) is 10.7 Å². The van der Waals surface area contributed by atoms with Crippen molar-refractivity contribution in [1.82, 2.24) is 0 Å². The predicted molar refractivity (Wildman–Crippen MR) is 106 cm³/mol. The number of aliphatic hydroxyl groups is 1. The third-order valence-corrected chi connectivity index (χ3v) is 5.54. The Morgan fingerprint density at radius 1 is 1.32 bits per heavy atom. The van der Waals surface area contributed by atoms with Gasteiger partial charge in [-0.15, -0.1) is 0 Å². The molecule has 0 amide bonds. The number of aliphatic imine (C=N–C) groups is 1. The van der Waals surface area contributed by atoms with Crippen LogP contribution in [0.1, 0.15) is 31.7 Å². The van der Waals surface area contributed by atoms with E-state index in [1.807, 2.05) is 25.1 Å². The number of halogens is 2. The maximum atomic E-state index is 13.8. The molecule has 148 valence electrons. The third-order valence-electron chi connectivity index (χ3n) is 5.33. The van der Waals surface area contributed by atoms with E-state index in [1.54, 1.807) is 6.07 Å². The Labute approximate surface area is 167 Å². The van der Waals surface area contributed by atoms with Crippen LogP contribution in [0.2, 0.25) is 5.02 Å². The lowest BCUT2D eigenvalue weighted by molar-refractivity contribution is 0.0526. The molecular weight excluding hydrogens is 383 g/mol. The van der Waals surface area contributed by atoms with Crippen LogP contribution in [0.5, 0.6) is 5.75 Å². The number of nitrogens with zero attached hydrogens (tertiary/aromatic N) is 1. The molecular formula is C21H22ClFN2O3. The van der Waals surface area contributed by atoms with Gasteiger partial charge in [0.1, 0.15) is 29.8 Å². The molecule has 3 atom stereocenters. The first-order chi connectivity index (χ1) is 13.4. The standard InChI is InChI=1S/C21H22ClFN2O3/c1-2-16(26)9-17-10-21(11-27-20(24)25-21)18-7-12(3-4-19(18)28-17)13-5-14(22)8-15(23)6-13/h3-8,16-17,26H,2,9-11H2,1H3,(H2,24,25)/t16-,17-,21?/m0/s1. The summed E-state index contributed by atoms with van der Waals surface area (Å²) in [6.07, 6.45) is 1.07. The molecule has 0 aromatic heterocycles. The van der Waals surface area contributed by atoms with Gasteiger partial charge in [-0.3, -0.25) is 0 Å². The summed E-state index contributed by atoms with van der Waals surface area (Å²) in [7, 11) is 0. The second-order valence-corrected chi connectivity index (χ2v) is 7.82. The van der Waals surface area contributed by atoms with Crippen LogP contribution in [0.15, 0.2) is 41.4 Å². The van der Waals surface area contributed by atoms with Gasteiger partial charge in [0.25, 0.3) is 6.02 Å². The Kier molecular flexibility index (Phi) is 4.93. The zero-order valence-electron chi connectivity index (χ0n) is 15.5. The first-order valence-electron chi connectivity index (χ1n) is 9.32. The Morgan fingerprint density at radius 2 is 2.14 bits per heavy atom. The first-order valence-corrected chi connectivity index (χ1v) is 9.70. The van der Waals surface area contributed by atoms with Crippen molar-refractivity contribution in [2.75, 3.05) is 6.61 Å². The highest BCUT2D eigenvalue weighted by Crippen LogP contribution is 2.46. The summed E-state index contributed by atoms with van der Waals surface area (Å²) >= 11 is 6.02. The molecule has 5 nitrogen and oxygen atoms in total. The summed E-state index contributed by atoms with van der Waals surface area (Å²) in [6, 6.07) is 10.2. The number of benzene rings is 2. The lowest BCUT2D eigenvalue weighted by Crippen LogP contribution is -2.40. The van der Waals surface area contributed by atoms with Crippen molar-refractivity contribution in [3.63, 3.8) is 0 Å². The molecule has 0 saturated heterocycles. The van der Waals surface area contributed by atoms with Crippen LogP contribution in [0.25, 0.3) is 11.1 Å². The van der Waals surface area contributed by atoms with E-state index in [9.17, 15) is 9.50 Å². The molecule has 0 bridgehead atoms. The van der Waals surface area contributed by atoms with Gasteiger partial charge in [0.15, 0.2) is 0 Å². The number of ether oxygens (including phenoxy) is 2. The molecule has 1 unspecified atom stereocenters. The minimum absolute atomic E-state index is 0.141. The Hall–Kier alpha value is -2.31. The average molecular weight is 405 g/mol. The molecule has 28 heavy (non-hydrogen) atoms. The van der Waals surface area contributed by atoms with Crippen LogP contribution < -0.4 is 10.5 Å². The van der Waals surface area contributed by atoms with Crippen LogP contribution in [0, 0.1) is 5.82 Å².